The van der Waals surface area contributed by atoms with Crippen LogP contribution in [0.2, 0.25) is 0 Å². The van der Waals surface area contributed by atoms with E-state index in [2.05, 4.69) is 15.2 Å². The van der Waals surface area contributed by atoms with Gasteiger partial charge in [-0.1, -0.05) is 51.4 Å². The van der Waals surface area contributed by atoms with Gasteiger partial charge in [-0.2, -0.15) is 0 Å². The third-order valence-corrected chi connectivity index (χ3v) is 5.57. The largest absolute Gasteiger partial charge is 0.353 e. The van der Waals surface area contributed by atoms with Crippen molar-refractivity contribution in [3.05, 3.63) is 24.5 Å². The Morgan fingerprint density at radius 2 is 1.42 bits per heavy atom. The van der Waals surface area contributed by atoms with Crippen molar-refractivity contribution in [1.82, 2.24) is 10.3 Å². The molecule has 3 rings (SSSR count). The van der Waals surface area contributed by atoms with E-state index in [9.17, 15) is 0 Å². The minimum Gasteiger partial charge on any atom is -0.353 e. The van der Waals surface area contributed by atoms with E-state index in [1.807, 2.05) is 24.5 Å². The zero-order valence-corrected chi connectivity index (χ0v) is 14.8. The minimum atomic E-state index is 0.445. The number of pyridine rings is 1. The number of nitrogens with zero attached hydrogens (tertiary/aromatic N) is 2. The van der Waals surface area contributed by atoms with Gasteiger partial charge in [0.05, 0.1) is 0 Å². The lowest BCUT2D eigenvalue weighted by Gasteiger charge is -2.35. The Morgan fingerprint density at radius 3 is 2.00 bits per heavy atom. The molecule has 0 atom stereocenters. The zero-order chi connectivity index (χ0) is 16.6. The molecule has 4 nitrogen and oxygen atoms in total. The summed E-state index contributed by atoms with van der Waals surface area (Å²) in [4.78, 5) is 6.41. The van der Waals surface area contributed by atoms with Gasteiger partial charge in [0.2, 0.25) is 0 Å². The lowest BCUT2D eigenvalue weighted by Crippen LogP contribution is -2.50. The summed E-state index contributed by atoms with van der Waals surface area (Å²) in [6.07, 6.45) is 19.0. The van der Waals surface area contributed by atoms with Crippen LogP contribution in [0.5, 0.6) is 0 Å². The third-order valence-electron chi connectivity index (χ3n) is 5.57. The molecule has 0 amide bonds. The van der Waals surface area contributed by atoms with Crippen LogP contribution in [0, 0.1) is 5.41 Å². The molecule has 0 bridgehead atoms. The first-order valence-electron chi connectivity index (χ1n) is 9.89. The molecule has 2 aliphatic carbocycles. The van der Waals surface area contributed by atoms with E-state index < -0.39 is 0 Å². The Labute approximate surface area is 146 Å². The first-order valence-corrected chi connectivity index (χ1v) is 9.89. The summed E-state index contributed by atoms with van der Waals surface area (Å²) in [7, 11) is 0. The smallest absolute Gasteiger partial charge is 0.196 e. The van der Waals surface area contributed by atoms with Crippen molar-refractivity contribution in [3.8, 4) is 0 Å². The summed E-state index contributed by atoms with van der Waals surface area (Å²) in [6.45, 7) is 0. The fraction of sp³-hybridized carbons (Fsp3) is 0.700. The zero-order valence-electron chi connectivity index (χ0n) is 14.8. The van der Waals surface area contributed by atoms with Gasteiger partial charge >= 0.3 is 0 Å². The molecule has 1 aromatic heterocycles. The molecule has 24 heavy (non-hydrogen) atoms. The van der Waals surface area contributed by atoms with Crippen LogP contribution in [0.1, 0.15) is 77.0 Å². The molecule has 1 heterocycles. The summed E-state index contributed by atoms with van der Waals surface area (Å²) >= 11 is 0. The quantitative estimate of drug-likeness (QED) is 0.473. The molecule has 2 saturated carbocycles. The van der Waals surface area contributed by atoms with Gasteiger partial charge in [-0.25, -0.2) is 0 Å². The highest BCUT2D eigenvalue weighted by molar-refractivity contribution is 5.94. The molecular formula is C20H32N4. The van der Waals surface area contributed by atoms with Gasteiger partial charge in [-0.05, 0) is 37.8 Å². The number of hydrogen-bond acceptors (Lipinski definition) is 2. The second-order valence-corrected chi connectivity index (χ2v) is 7.40. The van der Waals surface area contributed by atoms with Gasteiger partial charge in [0.15, 0.2) is 5.96 Å². The number of anilines is 1. The van der Waals surface area contributed by atoms with Gasteiger partial charge in [-0.3, -0.25) is 10.4 Å². The Bertz CT molecular complexity index is 486. The lowest BCUT2D eigenvalue weighted by atomic mass is 10.1. The van der Waals surface area contributed by atoms with E-state index in [0.29, 0.717) is 18.0 Å². The third kappa shape index (κ3) is 4.71. The van der Waals surface area contributed by atoms with Crippen LogP contribution in [-0.2, 0) is 0 Å². The number of guanidine groups is 1. The van der Waals surface area contributed by atoms with E-state index >= 15 is 0 Å². The monoisotopic (exact) mass is 328 g/mol. The van der Waals surface area contributed by atoms with Gasteiger partial charge in [0, 0.05) is 30.2 Å². The minimum absolute atomic E-state index is 0.445. The first-order chi connectivity index (χ1) is 11.8. The van der Waals surface area contributed by atoms with Crippen molar-refractivity contribution in [2.45, 2.75) is 89.1 Å². The van der Waals surface area contributed by atoms with Gasteiger partial charge in [0.25, 0.3) is 0 Å². The highest BCUT2D eigenvalue weighted by atomic mass is 15.3. The van der Waals surface area contributed by atoms with Crippen molar-refractivity contribution in [2.75, 3.05) is 4.90 Å². The van der Waals surface area contributed by atoms with Crippen LogP contribution >= 0.6 is 0 Å². The molecule has 4 heteroatoms. The second-order valence-electron chi connectivity index (χ2n) is 7.40. The number of hydrogen-bond donors (Lipinski definition) is 2. The molecule has 0 saturated heterocycles. The fourth-order valence-electron chi connectivity index (χ4n) is 4.23. The van der Waals surface area contributed by atoms with Crippen molar-refractivity contribution < 1.29 is 0 Å². The summed E-state index contributed by atoms with van der Waals surface area (Å²) in [5.74, 6) is 0.597. The number of nitrogens with one attached hydrogen (secondary N) is 2. The molecule has 132 valence electrons. The van der Waals surface area contributed by atoms with Crippen molar-refractivity contribution in [2.24, 2.45) is 0 Å². The second kappa shape index (κ2) is 9.05. The standard InChI is InChI=1S/C20H32N4/c21-20(23-17-9-5-1-2-6-10-17)24(19-13-15-22-16-14-19)18-11-7-3-4-8-12-18/h13-18H,1-12H2,(H2,21,23). The maximum atomic E-state index is 8.79. The summed E-state index contributed by atoms with van der Waals surface area (Å²) in [5.41, 5.74) is 1.11. The van der Waals surface area contributed by atoms with Crippen LogP contribution in [0.25, 0.3) is 0 Å². The maximum absolute atomic E-state index is 8.79. The molecule has 0 unspecified atom stereocenters. The van der Waals surface area contributed by atoms with Crippen molar-refractivity contribution in [1.29, 1.82) is 5.41 Å². The predicted molar refractivity (Wildman–Crippen MR) is 101 cm³/mol. The molecular weight excluding hydrogens is 296 g/mol. The van der Waals surface area contributed by atoms with Crippen LogP contribution in [0.15, 0.2) is 24.5 Å². The van der Waals surface area contributed by atoms with E-state index in [0.717, 1.165) is 5.69 Å². The highest BCUT2D eigenvalue weighted by Gasteiger charge is 2.25. The van der Waals surface area contributed by atoms with Crippen LogP contribution in [-0.4, -0.2) is 23.0 Å². The molecule has 0 radical (unpaired) electrons. The van der Waals surface area contributed by atoms with Gasteiger partial charge < -0.3 is 10.2 Å². The summed E-state index contributed by atoms with van der Waals surface area (Å²) < 4.78 is 0. The molecule has 2 N–H and O–H groups in total. The maximum Gasteiger partial charge on any atom is 0.196 e. The highest BCUT2D eigenvalue weighted by Crippen LogP contribution is 2.27. The Hall–Kier alpha value is -1.58. The fourth-order valence-corrected chi connectivity index (χ4v) is 4.23. The molecule has 0 aromatic carbocycles. The van der Waals surface area contributed by atoms with Gasteiger partial charge in [-0.15, -0.1) is 0 Å². The SMILES string of the molecule is N=C(NC1CCCCCC1)N(c1ccncc1)C1CCCCCC1. The molecule has 2 fully saturated rings. The van der Waals surface area contributed by atoms with E-state index in [1.165, 1.54) is 77.0 Å². The molecule has 1 aromatic rings. The Balaban J connectivity index is 1.74. The van der Waals surface area contributed by atoms with Gasteiger partial charge in [0.1, 0.15) is 0 Å². The normalized spacial score (nSPS) is 20.8. The Kier molecular flexibility index (Phi) is 6.50. The van der Waals surface area contributed by atoms with E-state index in [1.54, 1.807) is 0 Å². The lowest BCUT2D eigenvalue weighted by molar-refractivity contribution is 0.513. The average molecular weight is 329 g/mol. The van der Waals surface area contributed by atoms with E-state index in [4.69, 9.17) is 5.41 Å². The topological polar surface area (TPSA) is 52.0 Å². The molecule has 2 aliphatic rings. The Morgan fingerprint density at radius 1 is 0.875 bits per heavy atom. The van der Waals surface area contributed by atoms with Crippen LogP contribution in [0.4, 0.5) is 5.69 Å². The van der Waals surface area contributed by atoms with Crippen molar-refractivity contribution in [3.63, 3.8) is 0 Å². The van der Waals surface area contributed by atoms with E-state index in [-0.39, 0.29) is 0 Å². The summed E-state index contributed by atoms with van der Waals surface area (Å²) in [5, 5.41) is 12.4. The molecule has 0 spiro atoms. The summed E-state index contributed by atoms with van der Waals surface area (Å²) in [6, 6.07) is 5.01. The molecule has 0 aliphatic heterocycles. The van der Waals surface area contributed by atoms with Crippen molar-refractivity contribution >= 4 is 11.6 Å². The average Bonchev–Trinajstić information content (AvgIpc) is 3.01. The number of aromatic nitrogens is 1. The van der Waals surface area contributed by atoms with Crippen LogP contribution < -0.4 is 10.2 Å². The van der Waals surface area contributed by atoms with Crippen LogP contribution in [0.3, 0.4) is 0 Å². The first kappa shape index (κ1) is 17.2. The number of rotatable bonds is 3. The predicted octanol–water partition coefficient (Wildman–Crippen LogP) is 4.86.